The van der Waals surface area contributed by atoms with Crippen molar-refractivity contribution in [2.75, 3.05) is 13.2 Å². The van der Waals surface area contributed by atoms with Gasteiger partial charge in [-0.3, -0.25) is 0 Å². The highest BCUT2D eigenvalue weighted by Gasteiger charge is 2.20. The summed E-state index contributed by atoms with van der Waals surface area (Å²) in [6.45, 7) is -0.250. The van der Waals surface area contributed by atoms with E-state index < -0.39 is 11.9 Å². The lowest BCUT2D eigenvalue weighted by molar-refractivity contribution is 0.0692. The molecule has 0 saturated heterocycles. The zero-order chi connectivity index (χ0) is 20.2. The Bertz CT molecular complexity index is 803. The van der Waals surface area contributed by atoms with E-state index in [1.165, 1.54) is 12.1 Å². The molecule has 0 aliphatic heterocycles. The van der Waals surface area contributed by atoms with Gasteiger partial charge >= 0.3 is 11.9 Å². The molecule has 0 unspecified atom stereocenters. The van der Waals surface area contributed by atoms with Gasteiger partial charge in [0.15, 0.2) is 0 Å². The van der Waals surface area contributed by atoms with Crippen molar-refractivity contribution in [2.24, 2.45) is 0 Å². The molecular weight excluding hydrogens is 360 g/mol. The number of para-hydroxylation sites is 2. The van der Waals surface area contributed by atoms with Crippen molar-refractivity contribution in [2.45, 2.75) is 0 Å². The van der Waals surface area contributed by atoms with Gasteiger partial charge < -0.3 is 19.7 Å². The van der Waals surface area contributed by atoms with Gasteiger partial charge in [-0.1, -0.05) is 48.5 Å². The lowest BCUT2D eigenvalue weighted by atomic mass is 10.1. The highest BCUT2D eigenvalue weighted by molar-refractivity contribution is 6.04. The molecule has 0 fully saturated rings. The van der Waals surface area contributed by atoms with E-state index >= 15 is 0 Å². The highest BCUT2D eigenvalue weighted by atomic mass is 16.5. The van der Waals surface area contributed by atoms with Crippen LogP contribution < -0.4 is 9.47 Å². The van der Waals surface area contributed by atoms with E-state index in [1.54, 1.807) is 60.7 Å². The number of carbonyl (C=O) groups excluding carboxylic acids is 2. The summed E-state index contributed by atoms with van der Waals surface area (Å²) in [6, 6.07) is 23.8. The van der Waals surface area contributed by atoms with Crippen LogP contribution in [-0.2, 0) is 0 Å². The molecule has 3 aromatic rings. The number of hydrogen-bond acceptors (Lipinski definition) is 6. The average Bonchev–Trinajstić information content (AvgIpc) is 2.75. The summed E-state index contributed by atoms with van der Waals surface area (Å²) in [7, 11) is 0. The summed E-state index contributed by atoms with van der Waals surface area (Å²) in [5, 5.41) is 15.2. The van der Waals surface area contributed by atoms with Crippen molar-refractivity contribution in [3.63, 3.8) is 0 Å². The van der Waals surface area contributed by atoms with Crippen LogP contribution in [0.4, 0.5) is 0 Å². The van der Waals surface area contributed by atoms with Crippen LogP contribution in [0.15, 0.2) is 84.9 Å². The first-order valence-electron chi connectivity index (χ1n) is 8.51. The maximum absolute atomic E-state index is 12.4. The second kappa shape index (κ2) is 11.3. The average molecular weight is 380 g/mol. The third-order valence-electron chi connectivity index (χ3n) is 3.37. The summed E-state index contributed by atoms with van der Waals surface area (Å²) in [5.74, 6) is -0.397. The van der Waals surface area contributed by atoms with E-state index in [1.807, 2.05) is 12.1 Å². The zero-order valence-corrected chi connectivity index (χ0v) is 15.0. The summed E-state index contributed by atoms with van der Waals surface area (Å²) in [6.07, 6.45) is 0. The molecule has 6 nitrogen and oxygen atoms in total. The quantitative estimate of drug-likeness (QED) is 0.522. The van der Waals surface area contributed by atoms with Crippen molar-refractivity contribution in [3.05, 3.63) is 96.1 Å². The summed E-state index contributed by atoms with van der Waals surface area (Å²) < 4.78 is 10.6. The molecule has 28 heavy (non-hydrogen) atoms. The maximum Gasteiger partial charge on any atom is 0.344 e. The molecule has 0 radical (unpaired) electrons. The van der Waals surface area contributed by atoms with Gasteiger partial charge in [0.25, 0.3) is 0 Å². The fourth-order valence-electron chi connectivity index (χ4n) is 2.14. The summed E-state index contributed by atoms with van der Waals surface area (Å²) in [5.41, 5.74) is 0.310. The van der Waals surface area contributed by atoms with Crippen LogP contribution in [0.5, 0.6) is 11.5 Å². The minimum Gasteiger partial charge on any atom is -0.423 e. The molecule has 0 atom stereocenters. The smallest absolute Gasteiger partial charge is 0.344 e. The minimum absolute atomic E-state index is 0.125. The largest absolute Gasteiger partial charge is 0.423 e. The maximum atomic E-state index is 12.4. The van der Waals surface area contributed by atoms with Gasteiger partial charge in [-0.05, 0) is 36.4 Å². The lowest BCUT2D eigenvalue weighted by Crippen LogP contribution is -2.17. The van der Waals surface area contributed by atoms with Gasteiger partial charge in [-0.2, -0.15) is 0 Å². The molecule has 2 N–H and O–H groups in total. The molecule has 0 aromatic heterocycles. The van der Waals surface area contributed by atoms with Crippen molar-refractivity contribution in [1.82, 2.24) is 0 Å². The standard InChI is InChI=1S/C20H14O4.C2H6O2/c21-19(23-15-9-3-1-4-10-15)17-13-7-8-14-18(17)20(22)24-16-11-5-2-6-12-16;3-1-2-4/h1-14H;3-4H,1-2H2. The minimum atomic E-state index is -0.609. The summed E-state index contributed by atoms with van der Waals surface area (Å²) >= 11 is 0. The van der Waals surface area contributed by atoms with E-state index in [9.17, 15) is 9.59 Å². The Labute approximate surface area is 162 Å². The van der Waals surface area contributed by atoms with Crippen LogP contribution in [0.2, 0.25) is 0 Å². The molecule has 0 amide bonds. The number of aliphatic hydroxyl groups is 2. The van der Waals surface area contributed by atoms with Gasteiger partial charge in [-0.15, -0.1) is 0 Å². The van der Waals surface area contributed by atoms with Crippen LogP contribution in [0, 0.1) is 0 Å². The number of esters is 2. The first-order valence-corrected chi connectivity index (χ1v) is 8.51. The monoisotopic (exact) mass is 380 g/mol. The van der Waals surface area contributed by atoms with E-state index in [0.717, 1.165) is 0 Å². The van der Waals surface area contributed by atoms with E-state index in [0.29, 0.717) is 11.5 Å². The second-order valence-corrected chi connectivity index (χ2v) is 5.40. The Kier molecular flexibility index (Phi) is 8.39. The van der Waals surface area contributed by atoms with Crippen LogP contribution in [0.3, 0.4) is 0 Å². The molecule has 3 aromatic carbocycles. The van der Waals surface area contributed by atoms with Crippen molar-refractivity contribution >= 4 is 11.9 Å². The number of rotatable bonds is 5. The number of hydrogen-bond donors (Lipinski definition) is 2. The molecule has 0 aliphatic carbocycles. The van der Waals surface area contributed by atoms with Gasteiger partial charge in [0.1, 0.15) is 11.5 Å². The zero-order valence-electron chi connectivity index (χ0n) is 15.0. The number of aliphatic hydroxyl groups excluding tert-OH is 2. The molecule has 0 aliphatic rings. The van der Waals surface area contributed by atoms with Crippen LogP contribution in [0.1, 0.15) is 20.7 Å². The van der Waals surface area contributed by atoms with Crippen molar-refractivity contribution in [3.8, 4) is 11.5 Å². The Morgan fingerprint density at radius 1 is 0.571 bits per heavy atom. The van der Waals surface area contributed by atoms with E-state index in [-0.39, 0.29) is 24.3 Å². The third kappa shape index (κ3) is 6.35. The molecule has 0 heterocycles. The first kappa shape index (κ1) is 20.8. The van der Waals surface area contributed by atoms with E-state index in [2.05, 4.69) is 0 Å². The topological polar surface area (TPSA) is 93.1 Å². The van der Waals surface area contributed by atoms with Gasteiger partial charge in [0.05, 0.1) is 24.3 Å². The lowest BCUT2D eigenvalue weighted by Gasteiger charge is -2.09. The van der Waals surface area contributed by atoms with Gasteiger partial charge in [0.2, 0.25) is 0 Å². The Morgan fingerprint density at radius 2 is 0.893 bits per heavy atom. The predicted molar refractivity (Wildman–Crippen MR) is 103 cm³/mol. The molecular formula is C22H20O6. The SMILES string of the molecule is O=C(Oc1ccccc1)c1ccccc1C(=O)Oc1ccccc1.OCCO. The normalized spacial score (nSPS) is 9.64. The highest BCUT2D eigenvalue weighted by Crippen LogP contribution is 2.17. The molecule has 3 rings (SSSR count). The predicted octanol–water partition coefficient (Wildman–Crippen LogP) is 3.10. The Balaban J connectivity index is 0.000000640. The molecule has 144 valence electrons. The van der Waals surface area contributed by atoms with Gasteiger partial charge in [-0.25, -0.2) is 9.59 Å². The fourth-order valence-corrected chi connectivity index (χ4v) is 2.14. The summed E-state index contributed by atoms with van der Waals surface area (Å²) in [4.78, 5) is 24.7. The molecule has 0 spiro atoms. The van der Waals surface area contributed by atoms with Crippen LogP contribution >= 0.6 is 0 Å². The van der Waals surface area contributed by atoms with Gasteiger partial charge in [0, 0.05) is 0 Å². The number of ether oxygens (including phenoxy) is 2. The van der Waals surface area contributed by atoms with Crippen LogP contribution in [0.25, 0.3) is 0 Å². The fraction of sp³-hybridized carbons (Fsp3) is 0.0909. The first-order chi connectivity index (χ1) is 13.7. The Morgan fingerprint density at radius 3 is 1.21 bits per heavy atom. The number of benzene rings is 3. The second-order valence-electron chi connectivity index (χ2n) is 5.40. The van der Waals surface area contributed by atoms with Crippen LogP contribution in [-0.4, -0.2) is 35.4 Å². The Hall–Kier alpha value is -3.48. The molecule has 6 heteroatoms. The number of carbonyl (C=O) groups is 2. The van der Waals surface area contributed by atoms with E-state index in [4.69, 9.17) is 19.7 Å². The molecule has 0 saturated carbocycles. The van der Waals surface area contributed by atoms with Crippen molar-refractivity contribution < 1.29 is 29.3 Å². The third-order valence-corrected chi connectivity index (χ3v) is 3.37. The van der Waals surface area contributed by atoms with Crippen molar-refractivity contribution in [1.29, 1.82) is 0 Å². The molecule has 0 bridgehead atoms.